The Labute approximate surface area is 330 Å². The molecule has 3 nitrogen and oxygen atoms in total. The summed E-state index contributed by atoms with van der Waals surface area (Å²) in [7, 11) is 0. The van der Waals surface area contributed by atoms with Gasteiger partial charge < -0.3 is 4.42 Å². The smallest absolute Gasteiger partial charge is 0.160 e. The molecular weight excluding hydrogens is 693 g/mol. The Bertz CT molecular complexity index is 3140. The normalized spacial score (nSPS) is 11.5. The zero-order valence-electron chi connectivity index (χ0n) is 30.9. The maximum Gasteiger partial charge on any atom is 0.160 e. The molecule has 57 heavy (non-hydrogen) atoms. The van der Waals surface area contributed by atoms with Crippen molar-refractivity contribution in [3.8, 4) is 67.3 Å². The van der Waals surface area contributed by atoms with Crippen LogP contribution in [0.2, 0.25) is 0 Å². The molecule has 0 saturated heterocycles. The first kappa shape index (κ1) is 32.8. The predicted octanol–water partition coefficient (Wildman–Crippen LogP) is 14.7. The number of rotatable bonds is 6. The molecule has 0 amide bonds. The fraction of sp³-hybridized carbons (Fsp3) is 0. The molecule has 2 heterocycles. The highest BCUT2D eigenvalue weighted by Gasteiger charge is 2.17. The van der Waals surface area contributed by atoms with Gasteiger partial charge in [-0.2, -0.15) is 0 Å². The summed E-state index contributed by atoms with van der Waals surface area (Å²) in [5, 5.41) is 6.97. The fourth-order valence-corrected chi connectivity index (χ4v) is 8.17. The first-order chi connectivity index (χ1) is 28.2. The second kappa shape index (κ2) is 13.6. The van der Waals surface area contributed by atoms with Crippen molar-refractivity contribution in [1.82, 2.24) is 9.97 Å². The minimum atomic E-state index is 0.675. The highest BCUT2D eigenvalue weighted by Crippen LogP contribution is 2.41. The molecule has 0 spiro atoms. The van der Waals surface area contributed by atoms with Crippen LogP contribution in [0.4, 0.5) is 0 Å². The van der Waals surface area contributed by atoms with Gasteiger partial charge in [-0.05, 0) is 56.1 Å². The molecule has 0 unspecified atom stereocenters. The largest absolute Gasteiger partial charge is 0.455 e. The van der Waals surface area contributed by atoms with Gasteiger partial charge in [-0.15, -0.1) is 0 Å². The van der Waals surface area contributed by atoms with Crippen LogP contribution in [0.15, 0.2) is 211 Å². The maximum atomic E-state index is 6.85. The fourth-order valence-electron chi connectivity index (χ4n) is 8.17. The van der Waals surface area contributed by atoms with E-state index in [0.717, 1.165) is 66.5 Å². The summed E-state index contributed by atoms with van der Waals surface area (Å²) in [6, 6.07) is 72.6. The zero-order chi connectivity index (χ0) is 37.7. The van der Waals surface area contributed by atoms with Crippen molar-refractivity contribution in [3.05, 3.63) is 206 Å². The summed E-state index contributed by atoms with van der Waals surface area (Å²) in [6.07, 6.45) is 0. The van der Waals surface area contributed by atoms with Crippen molar-refractivity contribution < 1.29 is 4.42 Å². The molecule has 2 aromatic heterocycles. The molecular formula is C54H34N2O. The van der Waals surface area contributed by atoms with Crippen molar-refractivity contribution in [2.45, 2.75) is 0 Å². The Kier molecular flexibility index (Phi) is 7.82. The predicted molar refractivity (Wildman–Crippen MR) is 237 cm³/mol. The van der Waals surface area contributed by atoms with E-state index in [2.05, 4.69) is 194 Å². The lowest BCUT2D eigenvalue weighted by molar-refractivity contribution is 0.674. The third kappa shape index (κ3) is 5.85. The van der Waals surface area contributed by atoms with Crippen molar-refractivity contribution in [1.29, 1.82) is 0 Å². The number of aromatic nitrogens is 2. The first-order valence-corrected chi connectivity index (χ1v) is 19.3. The number of nitrogens with zero attached hydrogens (tertiary/aromatic N) is 2. The SMILES string of the molecule is c1ccc(-c2ccc(-c3cc(-c4ccc(-c5ccccc5)cc4)nc(-c4ccc(-c5cccc6c5oc5c6ccc6ccc7ccccc7c65)cc4)n3)cc2)cc1. The summed E-state index contributed by atoms with van der Waals surface area (Å²) in [5.74, 6) is 0.675. The number of hydrogen-bond donors (Lipinski definition) is 0. The van der Waals surface area contributed by atoms with Crippen molar-refractivity contribution >= 4 is 43.5 Å². The summed E-state index contributed by atoms with van der Waals surface area (Å²) in [6.45, 7) is 0. The maximum absolute atomic E-state index is 6.85. The Balaban J connectivity index is 1.00. The Hall–Kier alpha value is -7.62. The van der Waals surface area contributed by atoms with Gasteiger partial charge in [-0.1, -0.05) is 194 Å². The van der Waals surface area contributed by atoms with Gasteiger partial charge in [-0.25, -0.2) is 9.97 Å². The van der Waals surface area contributed by atoms with E-state index in [0.29, 0.717) is 5.82 Å². The van der Waals surface area contributed by atoms with Crippen molar-refractivity contribution in [3.63, 3.8) is 0 Å². The van der Waals surface area contributed by atoms with Gasteiger partial charge in [0.1, 0.15) is 11.2 Å². The molecule has 266 valence electrons. The Morgan fingerprint density at radius 1 is 0.298 bits per heavy atom. The number of hydrogen-bond acceptors (Lipinski definition) is 3. The third-order valence-electron chi connectivity index (χ3n) is 11.1. The molecule has 11 rings (SSSR count). The molecule has 3 heteroatoms. The molecule has 0 atom stereocenters. The van der Waals surface area contributed by atoms with Gasteiger partial charge in [0.15, 0.2) is 5.82 Å². The minimum absolute atomic E-state index is 0.675. The van der Waals surface area contributed by atoms with Gasteiger partial charge in [0.05, 0.1) is 11.4 Å². The van der Waals surface area contributed by atoms with Gasteiger partial charge in [0.2, 0.25) is 0 Å². The molecule has 11 aromatic rings. The lowest BCUT2D eigenvalue weighted by Crippen LogP contribution is -1.96. The summed E-state index contributed by atoms with van der Waals surface area (Å²) < 4.78 is 6.85. The first-order valence-electron chi connectivity index (χ1n) is 19.3. The quantitative estimate of drug-likeness (QED) is 0.160. The second-order valence-corrected chi connectivity index (χ2v) is 14.5. The van der Waals surface area contributed by atoms with Gasteiger partial charge in [0.25, 0.3) is 0 Å². The molecule has 0 radical (unpaired) electrons. The van der Waals surface area contributed by atoms with Gasteiger partial charge in [0, 0.05) is 38.4 Å². The zero-order valence-corrected chi connectivity index (χ0v) is 30.9. The standard InChI is InChI=1S/C54H34N2O/c1-3-10-35(11-4-1)37-18-25-41(26-19-37)49-34-50(42-27-20-38(21-28-42)36-12-5-2-6-13-36)56-54(55-49)44-30-23-40(24-31-44)46-16-9-17-47-48-33-32-43-29-22-39-14-7-8-15-45(39)51(43)53(48)57-52(46)47/h1-34H. The van der Waals surface area contributed by atoms with E-state index in [1.165, 1.54) is 38.4 Å². The van der Waals surface area contributed by atoms with Crippen LogP contribution in [0.5, 0.6) is 0 Å². The van der Waals surface area contributed by atoms with E-state index in [9.17, 15) is 0 Å². The van der Waals surface area contributed by atoms with Crippen LogP contribution in [-0.4, -0.2) is 9.97 Å². The summed E-state index contributed by atoms with van der Waals surface area (Å²) in [5.41, 5.74) is 13.4. The number of furan rings is 1. The average molecular weight is 727 g/mol. The van der Waals surface area contributed by atoms with E-state index in [-0.39, 0.29) is 0 Å². The highest BCUT2D eigenvalue weighted by molar-refractivity contribution is 6.24. The molecule has 0 saturated carbocycles. The number of fused-ring (bicyclic) bond motifs is 7. The Morgan fingerprint density at radius 3 is 1.42 bits per heavy atom. The van der Waals surface area contributed by atoms with Crippen LogP contribution in [0.1, 0.15) is 0 Å². The molecule has 0 bridgehead atoms. The van der Waals surface area contributed by atoms with Crippen LogP contribution in [0.25, 0.3) is 111 Å². The van der Waals surface area contributed by atoms with E-state index in [1.807, 2.05) is 12.1 Å². The minimum Gasteiger partial charge on any atom is -0.455 e. The van der Waals surface area contributed by atoms with E-state index in [1.54, 1.807) is 0 Å². The molecule has 0 aliphatic carbocycles. The summed E-state index contributed by atoms with van der Waals surface area (Å²) in [4.78, 5) is 10.3. The monoisotopic (exact) mass is 726 g/mol. The van der Waals surface area contributed by atoms with E-state index < -0.39 is 0 Å². The van der Waals surface area contributed by atoms with E-state index in [4.69, 9.17) is 14.4 Å². The van der Waals surface area contributed by atoms with Crippen molar-refractivity contribution in [2.75, 3.05) is 0 Å². The lowest BCUT2D eigenvalue weighted by Gasteiger charge is -2.11. The number of benzene rings is 9. The van der Waals surface area contributed by atoms with Gasteiger partial charge >= 0.3 is 0 Å². The van der Waals surface area contributed by atoms with Crippen LogP contribution >= 0.6 is 0 Å². The molecule has 9 aromatic carbocycles. The van der Waals surface area contributed by atoms with Crippen LogP contribution in [-0.2, 0) is 0 Å². The third-order valence-corrected chi connectivity index (χ3v) is 11.1. The molecule has 0 N–H and O–H groups in total. The van der Waals surface area contributed by atoms with Crippen molar-refractivity contribution in [2.24, 2.45) is 0 Å². The highest BCUT2D eigenvalue weighted by atomic mass is 16.3. The second-order valence-electron chi connectivity index (χ2n) is 14.5. The van der Waals surface area contributed by atoms with Crippen LogP contribution in [0.3, 0.4) is 0 Å². The molecule has 0 fully saturated rings. The lowest BCUT2D eigenvalue weighted by atomic mass is 9.98. The average Bonchev–Trinajstić information content (AvgIpc) is 3.69. The number of para-hydroxylation sites is 1. The van der Waals surface area contributed by atoms with Crippen LogP contribution < -0.4 is 0 Å². The van der Waals surface area contributed by atoms with Crippen LogP contribution in [0, 0.1) is 0 Å². The van der Waals surface area contributed by atoms with Gasteiger partial charge in [-0.3, -0.25) is 0 Å². The summed E-state index contributed by atoms with van der Waals surface area (Å²) >= 11 is 0. The Morgan fingerprint density at radius 2 is 0.772 bits per heavy atom. The van der Waals surface area contributed by atoms with E-state index >= 15 is 0 Å². The molecule has 0 aliphatic rings. The topological polar surface area (TPSA) is 38.9 Å². The molecule has 0 aliphatic heterocycles.